The first-order chi connectivity index (χ1) is 9.72. The Morgan fingerprint density at radius 3 is 2.71 bits per heavy atom. The second kappa shape index (κ2) is 6.07. The van der Waals surface area contributed by atoms with E-state index in [4.69, 9.17) is 0 Å². The van der Waals surface area contributed by atoms with Gasteiger partial charge in [0.05, 0.1) is 4.90 Å². The van der Waals surface area contributed by atoms with E-state index in [1.165, 1.54) is 0 Å². The molecule has 1 aliphatic heterocycles. The van der Waals surface area contributed by atoms with Crippen LogP contribution >= 0.6 is 0 Å². The molecule has 1 aromatic carbocycles. The number of aryl methyl sites for hydroxylation is 2. The summed E-state index contributed by atoms with van der Waals surface area (Å²) >= 11 is 0. The maximum atomic E-state index is 12.5. The predicted octanol–water partition coefficient (Wildman–Crippen LogP) is 2.36. The molecule has 1 saturated heterocycles. The van der Waals surface area contributed by atoms with Gasteiger partial charge in [-0.15, -0.1) is 0 Å². The second-order valence-electron chi connectivity index (χ2n) is 6.72. The SMILES string of the molecule is Cc1ccc(C)c(S(=O)(=O)NCC2NCCCC2(C)C)c1. The van der Waals surface area contributed by atoms with Gasteiger partial charge in [0, 0.05) is 12.6 Å². The minimum absolute atomic E-state index is 0.114. The lowest BCUT2D eigenvalue weighted by Gasteiger charge is -2.39. The molecule has 4 nitrogen and oxygen atoms in total. The molecule has 0 amide bonds. The van der Waals surface area contributed by atoms with Crippen molar-refractivity contribution in [2.45, 2.75) is 51.5 Å². The van der Waals surface area contributed by atoms with Crippen LogP contribution in [0.4, 0.5) is 0 Å². The summed E-state index contributed by atoms with van der Waals surface area (Å²) in [6.07, 6.45) is 2.27. The Labute approximate surface area is 128 Å². The van der Waals surface area contributed by atoms with Crippen molar-refractivity contribution in [1.82, 2.24) is 10.0 Å². The Hall–Kier alpha value is -0.910. The standard InChI is InChI=1S/C16H26N2O2S/c1-12-6-7-13(2)14(10-12)21(19,20)18-11-15-16(3,4)8-5-9-17-15/h6-7,10,15,17-18H,5,8-9,11H2,1-4H3. The molecule has 1 heterocycles. The van der Waals surface area contributed by atoms with Crippen molar-refractivity contribution in [3.8, 4) is 0 Å². The molecule has 5 heteroatoms. The second-order valence-corrected chi connectivity index (χ2v) is 8.46. The van der Waals surface area contributed by atoms with Crippen LogP contribution in [0, 0.1) is 19.3 Å². The Bertz CT molecular complexity index is 609. The lowest BCUT2D eigenvalue weighted by molar-refractivity contribution is 0.181. The van der Waals surface area contributed by atoms with Crippen LogP contribution in [-0.2, 0) is 10.0 Å². The van der Waals surface area contributed by atoms with E-state index < -0.39 is 10.0 Å². The van der Waals surface area contributed by atoms with Gasteiger partial charge in [-0.05, 0) is 55.8 Å². The molecule has 0 bridgehead atoms. The lowest BCUT2D eigenvalue weighted by Crippen LogP contribution is -2.52. The van der Waals surface area contributed by atoms with Gasteiger partial charge >= 0.3 is 0 Å². The molecule has 1 atom stereocenters. The smallest absolute Gasteiger partial charge is 0.240 e. The molecule has 1 fully saturated rings. The fourth-order valence-corrected chi connectivity index (χ4v) is 4.26. The average Bonchev–Trinajstić information content (AvgIpc) is 2.39. The Balaban J connectivity index is 2.13. The third-order valence-electron chi connectivity index (χ3n) is 4.44. The molecule has 1 aromatic rings. The predicted molar refractivity (Wildman–Crippen MR) is 85.9 cm³/mol. The number of hydrogen-bond acceptors (Lipinski definition) is 3. The number of sulfonamides is 1. The lowest BCUT2D eigenvalue weighted by atomic mass is 9.78. The molecule has 118 valence electrons. The summed E-state index contributed by atoms with van der Waals surface area (Å²) < 4.78 is 27.8. The highest BCUT2D eigenvalue weighted by Crippen LogP contribution is 2.30. The van der Waals surface area contributed by atoms with E-state index in [1.54, 1.807) is 6.07 Å². The molecule has 0 radical (unpaired) electrons. The first-order valence-electron chi connectivity index (χ1n) is 7.53. The van der Waals surface area contributed by atoms with Crippen LogP contribution in [0.3, 0.4) is 0 Å². The van der Waals surface area contributed by atoms with E-state index in [9.17, 15) is 8.42 Å². The molecule has 0 spiro atoms. The van der Waals surface area contributed by atoms with Crippen molar-refractivity contribution in [2.75, 3.05) is 13.1 Å². The van der Waals surface area contributed by atoms with E-state index in [2.05, 4.69) is 23.9 Å². The highest BCUT2D eigenvalue weighted by Gasteiger charge is 2.32. The van der Waals surface area contributed by atoms with Crippen molar-refractivity contribution in [3.63, 3.8) is 0 Å². The quantitative estimate of drug-likeness (QED) is 0.897. The monoisotopic (exact) mass is 310 g/mol. The first-order valence-corrected chi connectivity index (χ1v) is 9.01. The minimum atomic E-state index is -3.45. The Kier molecular flexibility index (Phi) is 4.76. The summed E-state index contributed by atoms with van der Waals surface area (Å²) in [5, 5.41) is 3.43. The fraction of sp³-hybridized carbons (Fsp3) is 0.625. The molecule has 0 aromatic heterocycles. The summed E-state index contributed by atoms with van der Waals surface area (Å²) in [7, 11) is -3.45. The zero-order valence-electron chi connectivity index (χ0n) is 13.4. The number of piperidine rings is 1. The van der Waals surface area contributed by atoms with Crippen molar-refractivity contribution in [3.05, 3.63) is 29.3 Å². The van der Waals surface area contributed by atoms with E-state index in [1.807, 2.05) is 26.0 Å². The third kappa shape index (κ3) is 3.84. The number of nitrogens with one attached hydrogen (secondary N) is 2. The van der Waals surface area contributed by atoms with Gasteiger partial charge in [-0.2, -0.15) is 0 Å². The van der Waals surface area contributed by atoms with Crippen molar-refractivity contribution < 1.29 is 8.42 Å². The number of rotatable bonds is 4. The van der Waals surface area contributed by atoms with Gasteiger partial charge < -0.3 is 5.32 Å². The fourth-order valence-electron chi connectivity index (χ4n) is 2.89. The summed E-state index contributed by atoms with van der Waals surface area (Å²) in [6.45, 7) is 9.51. The maximum Gasteiger partial charge on any atom is 0.240 e. The molecular weight excluding hydrogens is 284 g/mol. The molecule has 0 saturated carbocycles. The molecule has 1 unspecified atom stereocenters. The third-order valence-corrected chi connectivity index (χ3v) is 6.01. The van der Waals surface area contributed by atoms with E-state index in [-0.39, 0.29) is 11.5 Å². The number of hydrogen-bond donors (Lipinski definition) is 2. The van der Waals surface area contributed by atoms with Gasteiger partial charge in [-0.25, -0.2) is 13.1 Å². The van der Waals surface area contributed by atoms with Crippen LogP contribution in [0.2, 0.25) is 0 Å². The highest BCUT2D eigenvalue weighted by molar-refractivity contribution is 7.89. The molecule has 2 N–H and O–H groups in total. The van der Waals surface area contributed by atoms with Crippen LogP contribution < -0.4 is 10.0 Å². The van der Waals surface area contributed by atoms with E-state index >= 15 is 0 Å². The topological polar surface area (TPSA) is 58.2 Å². The van der Waals surface area contributed by atoms with Crippen LogP contribution in [0.25, 0.3) is 0 Å². The maximum absolute atomic E-state index is 12.5. The Morgan fingerprint density at radius 2 is 2.05 bits per heavy atom. The summed E-state index contributed by atoms with van der Waals surface area (Å²) in [4.78, 5) is 0.385. The molecule has 2 rings (SSSR count). The summed E-state index contributed by atoms with van der Waals surface area (Å²) in [5.41, 5.74) is 1.85. The van der Waals surface area contributed by atoms with Gasteiger partial charge in [0.25, 0.3) is 0 Å². The zero-order chi connectivity index (χ0) is 15.7. The van der Waals surface area contributed by atoms with Crippen molar-refractivity contribution in [1.29, 1.82) is 0 Å². The van der Waals surface area contributed by atoms with Gasteiger partial charge in [0.15, 0.2) is 0 Å². The first kappa shape index (κ1) is 16.5. The van der Waals surface area contributed by atoms with Crippen LogP contribution in [0.5, 0.6) is 0 Å². The highest BCUT2D eigenvalue weighted by atomic mass is 32.2. The van der Waals surface area contributed by atoms with Gasteiger partial charge in [0.1, 0.15) is 0 Å². The largest absolute Gasteiger partial charge is 0.312 e. The normalized spacial score (nSPS) is 22.2. The van der Waals surface area contributed by atoms with Gasteiger partial charge in [0.2, 0.25) is 10.0 Å². The van der Waals surface area contributed by atoms with Crippen LogP contribution in [0.1, 0.15) is 37.8 Å². The summed E-state index contributed by atoms with van der Waals surface area (Å²) in [6, 6.07) is 5.69. The minimum Gasteiger partial charge on any atom is -0.312 e. The van der Waals surface area contributed by atoms with Gasteiger partial charge in [-0.1, -0.05) is 26.0 Å². The molecule has 21 heavy (non-hydrogen) atoms. The summed E-state index contributed by atoms with van der Waals surface area (Å²) in [5.74, 6) is 0. The Morgan fingerprint density at radius 1 is 1.33 bits per heavy atom. The molecule has 0 aliphatic carbocycles. The van der Waals surface area contributed by atoms with Crippen molar-refractivity contribution >= 4 is 10.0 Å². The van der Waals surface area contributed by atoms with Crippen LogP contribution in [0.15, 0.2) is 23.1 Å². The number of benzene rings is 1. The van der Waals surface area contributed by atoms with E-state index in [0.717, 1.165) is 30.5 Å². The molecule has 1 aliphatic rings. The van der Waals surface area contributed by atoms with Crippen LogP contribution in [-0.4, -0.2) is 27.5 Å². The molecular formula is C16H26N2O2S. The van der Waals surface area contributed by atoms with Gasteiger partial charge in [-0.3, -0.25) is 0 Å². The zero-order valence-corrected chi connectivity index (χ0v) is 14.2. The van der Waals surface area contributed by atoms with Crippen molar-refractivity contribution in [2.24, 2.45) is 5.41 Å². The van der Waals surface area contributed by atoms with E-state index in [0.29, 0.717) is 11.4 Å². The average molecular weight is 310 g/mol.